The molecule has 1 N–H and O–H groups in total. The van der Waals surface area contributed by atoms with E-state index in [0.717, 1.165) is 11.1 Å². The molecule has 3 aromatic carbocycles. The first-order valence-corrected chi connectivity index (χ1v) is 12.6. The monoisotopic (exact) mass is 501 g/mol. The Morgan fingerprint density at radius 3 is 2.39 bits per heavy atom. The number of aromatic nitrogens is 2. The van der Waals surface area contributed by atoms with Gasteiger partial charge in [-0.15, -0.1) is 0 Å². The molecule has 0 saturated heterocycles. The summed E-state index contributed by atoms with van der Waals surface area (Å²) in [6, 6.07) is 20.9. The molecule has 0 aliphatic carbocycles. The molecular weight excluding hydrogens is 478 g/mol. The number of hydrogen-bond acceptors (Lipinski definition) is 6. The van der Waals surface area contributed by atoms with E-state index in [4.69, 9.17) is 4.74 Å². The average Bonchev–Trinajstić information content (AvgIpc) is 3.37. The quantitative estimate of drug-likeness (QED) is 0.348. The lowest BCUT2D eigenvalue weighted by Crippen LogP contribution is -2.18. The van der Waals surface area contributed by atoms with E-state index in [9.17, 15) is 13.2 Å². The van der Waals surface area contributed by atoms with Gasteiger partial charge in [0.25, 0.3) is 15.6 Å². The molecule has 182 valence electrons. The maximum absolute atomic E-state index is 13.0. The van der Waals surface area contributed by atoms with Crippen LogP contribution in [-0.4, -0.2) is 25.3 Å². The van der Waals surface area contributed by atoms with Crippen molar-refractivity contribution in [3.63, 3.8) is 0 Å². The minimum atomic E-state index is -3.90. The Labute approximate surface area is 207 Å². The molecule has 8 nitrogen and oxygen atoms in total. The van der Waals surface area contributed by atoms with Crippen molar-refractivity contribution in [3.05, 3.63) is 101 Å². The Morgan fingerprint density at radius 1 is 0.889 bits per heavy atom. The molecule has 0 aliphatic heterocycles. The van der Waals surface area contributed by atoms with Crippen molar-refractivity contribution in [3.8, 4) is 22.6 Å². The maximum atomic E-state index is 13.0. The first-order valence-electron chi connectivity index (χ1n) is 11.1. The smallest absolute Gasteiger partial charge is 0.263 e. The number of benzene rings is 3. The van der Waals surface area contributed by atoms with Gasteiger partial charge in [-0.25, -0.2) is 8.42 Å². The van der Waals surface area contributed by atoms with Gasteiger partial charge in [-0.1, -0.05) is 29.4 Å². The molecule has 0 spiro atoms. The lowest BCUT2D eigenvalue weighted by molar-refractivity contribution is 0.413. The van der Waals surface area contributed by atoms with Crippen LogP contribution in [0.3, 0.4) is 0 Å². The van der Waals surface area contributed by atoms with E-state index in [1.165, 1.54) is 46.2 Å². The van der Waals surface area contributed by atoms with Crippen LogP contribution in [0.1, 0.15) is 11.1 Å². The minimum Gasteiger partial charge on any atom is -0.495 e. The molecule has 0 atom stereocenters. The van der Waals surface area contributed by atoms with Crippen molar-refractivity contribution in [1.29, 1.82) is 0 Å². The number of nitrogens with one attached hydrogen (secondary N) is 1. The standard InChI is InChI=1S/C27H23N3O5S/c1-17-4-5-19(14-18(17)2)20-6-9-24(25(16-20)34-3)30-23-10-8-22(15-21(23)7-11-27(30)31)36(32,33)29-26-12-13-35-28-26/h4-16H,1-3H3,(H,28,29). The van der Waals surface area contributed by atoms with E-state index in [-0.39, 0.29) is 16.3 Å². The van der Waals surface area contributed by atoms with E-state index in [1.807, 2.05) is 18.2 Å². The fourth-order valence-electron chi connectivity index (χ4n) is 4.06. The molecule has 0 aliphatic rings. The summed E-state index contributed by atoms with van der Waals surface area (Å²) in [5.41, 5.74) is 5.22. The molecule has 0 saturated carbocycles. The van der Waals surface area contributed by atoms with Crippen LogP contribution < -0.4 is 15.0 Å². The molecule has 5 rings (SSSR count). The van der Waals surface area contributed by atoms with Gasteiger partial charge in [-0.05, 0) is 72.5 Å². The number of pyridine rings is 1. The number of rotatable bonds is 6. The van der Waals surface area contributed by atoms with Gasteiger partial charge in [-0.2, -0.15) is 0 Å². The topological polar surface area (TPSA) is 103 Å². The van der Waals surface area contributed by atoms with Crippen molar-refractivity contribution >= 4 is 26.7 Å². The fourth-order valence-corrected chi connectivity index (χ4v) is 5.09. The highest BCUT2D eigenvalue weighted by Crippen LogP contribution is 2.32. The van der Waals surface area contributed by atoms with Gasteiger partial charge in [0.05, 0.1) is 23.2 Å². The predicted molar refractivity (Wildman–Crippen MR) is 138 cm³/mol. The van der Waals surface area contributed by atoms with E-state index in [0.29, 0.717) is 22.3 Å². The third-order valence-corrected chi connectivity index (χ3v) is 7.47. The largest absolute Gasteiger partial charge is 0.495 e. The number of hydrogen-bond donors (Lipinski definition) is 1. The van der Waals surface area contributed by atoms with Gasteiger partial charge in [0.2, 0.25) is 0 Å². The summed E-state index contributed by atoms with van der Waals surface area (Å²) in [5, 5.41) is 4.15. The summed E-state index contributed by atoms with van der Waals surface area (Å²) in [7, 11) is -2.35. The molecule has 0 radical (unpaired) electrons. The summed E-state index contributed by atoms with van der Waals surface area (Å²) in [5.74, 6) is 0.596. The highest BCUT2D eigenvalue weighted by Gasteiger charge is 2.18. The van der Waals surface area contributed by atoms with E-state index >= 15 is 0 Å². The number of fused-ring (bicyclic) bond motifs is 1. The highest BCUT2D eigenvalue weighted by atomic mass is 32.2. The van der Waals surface area contributed by atoms with Crippen molar-refractivity contribution in [2.24, 2.45) is 0 Å². The zero-order chi connectivity index (χ0) is 25.4. The number of sulfonamides is 1. The van der Waals surface area contributed by atoms with Gasteiger partial charge in [0.1, 0.15) is 12.0 Å². The zero-order valence-electron chi connectivity index (χ0n) is 19.8. The van der Waals surface area contributed by atoms with E-state index in [2.05, 4.69) is 46.4 Å². The Kier molecular flexibility index (Phi) is 5.85. The van der Waals surface area contributed by atoms with Crippen LogP contribution in [-0.2, 0) is 10.0 Å². The molecule has 0 unspecified atom stereocenters. The van der Waals surface area contributed by atoms with Gasteiger partial charge < -0.3 is 9.26 Å². The van der Waals surface area contributed by atoms with Gasteiger partial charge in [-0.3, -0.25) is 14.1 Å². The first-order chi connectivity index (χ1) is 17.3. The molecular formula is C27H23N3O5S. The number of anilines is 1. The SMILES string of the molecule is COc1cc(-c2ccc(C)c(C)c2)ccc1-n1c(=O)ccc2cc(S(=O)(=O)Nc3ccon3)ccc21. The second-order valence-corrected chi connectivity index (χ2v) is 10.1. The molecule has 2 aromatic heterocycles. The van der Waals surface area contributed by atoms with Gasteiger partial charge in [0.15, 0.2) is 5.82 Å². The number of aryl methyl sites for hydroxylation is 2. The van der Waals surface area contributed by atoms with Gasteiger partial charge >= 0.3 is 0 Å². The molecule has 36 heavy (non-hydrogen) atoms. The number of nitrogens with zero attached hydrogens (tertiary/aromatic N) is 2. The van der Waals surface area contributed by atoms with Crippen LogP contribution in [0.5, 0.6) is 5.75 Å². The normalized spacial score (nSPS) is 11.5. The summed E-state index contributed by atoms with van der Waals surface area (Å²) in [4.78, 5) is 13.0. The molecule has 0 fully saturated rings. The third-order valence-electron chi connectivity index (χ3n) is 6.11. The minimum absolute atomic E-state index is 0.0280. The third kappa shape index (κ3) is 4.25. The highest BCUT2D eigenvalue weighted by molar-refractivity contribution is 7.92. The van der Waals surface area contributed by atoms with E-state index < -0.39 is 10.0 Å². The number of methoxy groups -OCH3 is 1. The Hall–Kier alpha value is -4.37. The Morgan fingerprint density at radius 2 is 1.67 bits per heavy atom. The molecule has 0 amide bonds. The van der Waals surface area contributed by atoms with Crippen molar-refractivity contribution in [1.82, 2.24) is 9.72 Å². The summed E-state index contributed by atoms with van der Waals surface area (Å²) < 4.78 is 39.8. The number of ether oxygens (including phenoxy) is 1. The first kappa shape index (κ1) is 23.4. The molecule has 0 bridgehead atoms. The summed E-state index contributed by atoms with van der Waals surface area (Å²) in [6.07, 6.45) is 1.27. The summed E-state index contributed by atoms with van der Waals surface area (Å²) in [6.45, 7) is 4.13. The van der Waals surface area contributed by atoms with Crippen molar-refractivity contribution < 1.29 is 17.7 Å². The van der Waals surface area contributed by atoms with Crippen LogP contribution in [0, 0.1) is 13.8 Å². The fraction of sp³-hybridized carbons (Fsp3) is 0.111. The van der Waals surface area contributed by atoms with Crippen LogP contribution >= 0.6 is 0 Å². The predicted octanol–water partition coefficient (Wildman–Crippen LogP) is 5.07. The van der Waals surface area contributed by atoms with Crippen molar-refractivity contribution in [2.75, 3.05) is 11.8 Å². The zero-order valence-corrected chi connectivity index (χ0v) is 20.7. The lowest BCUT2D eigenvalue weighted by Gasteiger charge is -2.16. The maximum Gasteiger partial charge on any atom is 0.263 e. The average molecular weight is 502 g/mol. The lowest BCUT2D eigenvalue weighted by atomic mass is 10.00. The Balaban J connectivity index is 1.61. The second kappa shape index (κ2) is 9.01. The Bertz CT molecular complexity index is 1760. The molecule has 9 heteroatoms. The molecule has 5 aromatic rings. The molecule has 2 heterocycles. The van der Waals surface area contributed by atoms with Crippen molar-refractivity contribution in [2.45, 2.75) is 18.7 Å². The second-order valence-electron chi connectivity index (χ2n) is 8.40. The van der Waals surface area contributed by atoms with Gasteiger partial charge in [0, 0.05) is 17.5 Å². The summed E-state index contributed by atoms with van der Waals surface area (Å²) >= 11 is 0. The van der Waals surface area contributed by atoms with Crippen LogP contribution in [0.4, 0.5) is 5.82 Å². The van der Waals surface area contributed by atoms with Crippen LogP contribution in [0.25, 0.3) is 27.7 Å². The van der Waals surface area contributed by atoms with Crippen LogP contribution in [0.15, 0.2) is 93.3 Å². The van der Waals surface area contributed by atoms with E-state index in [1.54, 1.807) is 19.2 Å². The van der Waals surface area contributed by atoms with Crippen LogP contribution in [0.2, 0.25) is 0 Å².